The highest BCUT2D eigenvalue weighted by atomic mass is 19.2. The number of hydrogen-bond donors (Lipinski definition) is 2. The topological polar surface area (TPSA) is 54.0 Å². The molecule has 2 aromatic carbocycles. The third-order valence-corrected chi connectivity index (χ3v) is 3.58. The first kappa shape index (κ1) is 17.5. The van der Waals surface area contributed by atoms with Gasteiger partial charge in [0.05, 0.1) is 11.9 Å². The molecule has 3 rings (SSSR count). The fourth-order valence-electron chi connectivity index (χ4n) is 2.21. The second kappa shape index (κ2) is 7.69. The summed E-state index contributed by atoms with van der Waals surface area (Å²) in [5.74, 6) is -2.87. The summed E-state index contributed by atoms with van der Waals surface area (Å²) < 4.78 is 38.9. The molecule has 0 bridgehead atoms. The molecule has 0 atom stereocenters. The van der Waals surface area contributed by atoms with E-state index in [0.29, 0.717) is 12.2 Å². The lowest BCUT2D eigenvalue weighted by atomic mass is 10.2. The van der Waals surface area contributed by atoms with Crippen LogP contribution in [-0.2, 0) is 6.54 Å². The number of rotatable bonds is 5. The number of carbonyl (C=O) groups is 1. The van der Waals surface area contributed by atoms with Crippen LogP contribution < -0.4 is 10.6 Å². The first-order valence-electron chi connectivity index (χ1n) is 7.72. The zero-order valence-electron chi connectivity index (χ0n) is 13.5. The van der Waals surface area contributed by atoms with Gasteiger partial charge in [-0.2, -0.15) is 0 Å². The van der Waals surface area contributed by atoms with E-state index in [9.17, 15) is 18.0 Å². The molecule has 0 saturated carbocycles. The molecule has 0 unspecified atom stereocenters. The van der Waals surface area contributed by atoms with Crippen molar-refractivity contribution >= 4 is 17.3 Å². The van der Waals surface area contributed by atoms with Gasteiger partial charge in [-0.3, -0.25) is 4.79 Å². The highest BCUT2D eigenvalue weighted by Crippen LogP contribution is 2.15. The molecule has 4 nitrogen and oxygen atoms in total. The van der Waals surface area contributed by atoms with Crippen LogP contribution in [0.25, 0.3) is 0 Å². The van der Waals surface area contributed by atoms with Crippen LogP contribution in [-0.4, -0.2) is 10.9 Å². The SMILES string of the molecule is O=C(Nc1ccc(F)c(F)c1)c1ccc(NCc2ccc(F)cc2)cn1. The van der Waals surface area contributed by atoms with Crippen LogP contribution in [0.3, 0.4) is 0 Å². The van der Waals surface area contributed by atoms with E-state index < -0.39 is 17.5 Å². The molecule has 26 heavy (non-hydrogen) atoms. The van der Waals surface area contributed by atoms with Gasteiger partial charge in [0.25, 0.3) is 5.91 Å². The molecule has 132 valence electrons. The van der Waals surface area contributed by atoms with Crippen molar-refractivity contribution in [2.45, 2.75) is 6.54 Å². The minimum atomic E-state index is -1.05. The van der Waals surface area contributed by atoms with Gasteiger partial charge in [-0.05, 0) is 42.0 Å². The largest absolute Gasteiger partial charge is 0.380 e. The van der Waals surface area contributed by atoms with Crippen LogP contribution in [0, 0.1) is 17.5 Å². The Morgan fingerprint density at radius 3 is 2.27 bits per heavy atom. The average molecular weight is 357 g/mol. The van der Waals surface area contributed by atoms with Gasteiger partial charge >= 0.3 is 0 Å². The van der Waals surface area contributed by atoms with Gasteiger partial charge in [-0.15, -0.1) is 0 Å². The first-order valence-corrected chi connectivity index (χ1v) is 7.72. The number of amides is 1. The monoisotopic (exact) mass is 357 g/mol. The summed E-state index contributed by atoms with van der Waals surface area (Å²) in [5.41, 5.74) is 1.83. The number of nitrogens with one attached hydrogen (secondary N) is 2. The highest BCUT2D eigenvalue weighted by Gasteiger charge is 2.09. The maximum Gasteiger partial charge on any atom is 0.274 e. The number of carbonyl (C=O) groups excluding carboxylic acids is 1. The van der Waals surface area contributed by atoms with Crippen molar-refractivity contribution in [1.29, 1.82) is 0 Å². The summed E-state index contributed by atoms with van der Waals surface area (Å²) in [6.45, 7) is 0.475. The number of aromatic nitrogens is 1. The van der Waals surface area contributed by atoms with E-state index in [1.165, 1.54) is 30.5 Å². The molecule has 0 spiro atoms. The molecule has 0 aliphatic rings. The Balaban J connectivity index is 1.60. The van der Waals surface area contributed by atoms with Crippen molar-refractivity contribution in [2.75, 3.05) is 10.6 Å². The summed E-state index contributed by atoms with van der Waals surface area (Å²) in [4.78, 5) is 16.1. The number of pyridine rings is 1. The maximum atomic E-state index is 13.2. The van der Waals surface area contributed by atoms with Crippen LogP contribution in [0.1, 0.15) is 16.1 Å². The van der Waals surface area contributed by atoms with Crippen LogP contribution in [0.4, 0.5) is 24.5 Å². The molecule has 1 aromatic heterocycles. The van der Waals surface area contributed by atoms with E-state index in [1.54, 1.807) is 18.2 Å². The second-order valence-electron chi connectivity index (χ2n) is 5.50. The van der Waals surface area contributed by atoms with Crippen LogP contribution in [0.5, 0.6) is 0 Å². The predicted octanol–water partition coefficient (Wildman–Crippen LogP) is 4.36. The lowest BCUT2D eigenvalue weighted by molar-refractivity contribution is 0.102. The quantitative estimate of drug-likeness (QED) is 0.713. The molecule has 0 aliphatic heterocycles. The molecule has 0 aliphatic carbocycles. The number of halogens is 3. The summed E-state index contributed by atoms with van der Waals surface area (Å²) >= 11 is 0. The molecule has 1 amide bonds. The van der Waals surface area contributed by atoms with Gasteiger partial charge in [-0.1, -0.05) is 12.1 Å². The Kier molecular flexibility index (Phi) is 5.17. The fraction of sp³-hybridized carbons (Fsp3) is 0.0526. The Morgan fingerprint density at radius 1 is 0.885 bits per heavy atom. The molecule has 0 radical (unpaired) electrons. The zero-order chi connectivity index (χ0) is 18.5. The predicted molar refractivity (Wildman–Crippen MR) is 92.3 cm³/mol. The number of anilines is 2. The summed E-state index contributed by atoms with van der Waals surface area (Å²) in [6, 6.07) is 12.3. The first-order chi connectivity index (χ1) is 12.5. The average Bonchev–Trinajstić information content (AvgIpc) is 2.65. The lowest BCUT2D eigenvalue weighted by Gasteiger charge is -2.08. The third kappa shape index (κ3) is 4.38. The Morgan fingerprint density at radius 2 is 1.62 bits per heavy atom. The van der Waals surface area contributed by atoms with Gasteiger partial charge in [0.15, 0.2) is 11.6 Å². The smallest absolute Gasteiger partial charge is 0.274 e. The van der Waals surface area contributed by atoms with E-state index in [4.69, 9.17) is 0 Å². The van der Waals surface area contributed by atoms with Crippen molar-refractivity contribution in [3.63, 3.8) is 0 Å². The Labute approximate surface area is 147 Å². The van der Waals surface area contributed by atoms with Crippen LogP contribution in [0.2, 0.25) is 0 Å². The third-order valence-electron chi connectivity index (χ3n) is 3.58. The van der Waals surface area contributed by atoms with Gasteiger partial charge in [0, 0.05) is 18.3 Å². The van der Waals surface area contributed by atoms with E-state index in [0.717, 1.165) is 17.7 Å². The normalized spacial score (nSPS) is 10.4. The van der Waals surface area contributed by atoms with Crippen molar-refractivity contribution in [3.05, 3.63) is 89.5 Å². The number of nitrogens with zero attached hydrogens (tertiary/aromatic N) is 1. The molecule has 0 saturated heterocycles. The fourth-order valence-corrected chi connectivity index (χ4v) is 2.21. The van der Waals surface area contributed by atoms with Crippen molar-refractivity contribution in [2.24, 2.45) is 0 Å². The second-order valence-corrected chi connectivity index (χ2v) is 5.50. The molecule has 1 heterocycles. The summed E-state index contributed by atoms with van der Waals surface area (Å²) in [5, 5.41) is 5.55. The molecule has 7 heteroatoms. The maximum absolute atomic E-state index is 13.2. The van der Waals surface area contributed by atoms with Crippen molar-refractivity contribution in [1.82, 2.24) is 4.98 Å². The number of hydrogen-bond acceptors (Lipinski definition) is 3. The summed E-state index contributed by atoms with van der Waals surface area (Å²) in [6.07, 6.45) is 1.48. The van der Waals surface area contributed by atoms with Crippen molar-refractivity contribution in [3.8, 4) is 0 Å². The lowest BCUT2D eigenvalue weighted by Crippen LogP contribution is -2.14. The Hall–Kier alpha value is -3.35. The van der Waals surface area contributed by atoms with Gasteiger partial charge in [-0.25, -0.2) is 18.2 Å². The zero-order valence-corrected chi connectivity index (χ0v) is 13.5. The van der Waals surface area contributed by atoms with Gasteiger partial charge in [0.2, 0.25) is 0 Å². The van der Waals surface area contributed by atoms with Gasteiger partial charge in [0.1, 0.15) is 11.5 Å². The van der Waals surface area contributed by atoms with E-state index in [1.807, 2.05) is 0 Å². The standard InChI is InChI=1S/C19H14F3N3O/c20-13-3-1-12(2-4-13)10-23-15-6-8-18(24-11-15)19(26)25-14-5-7-16(21)17(22)9-14/h1-9,11,23H,10H2,(H,25,26). The summed E-state index contributed by atoms with van der Waals surface area (Å²) in [7, 11) is 0. The highest BCUT2D eigenvalue weighted by molar-refractivity contribution is 6.02. The minimum Gasteiger partial charge on any atom is -0.380 e. The minimum absolute atomic E-state index is 0.127. The van der Waals surface area contributed by atoms with Crippen molar-refractivity contribution < 1.29 is 18.0 Å². The number of benzene rings is 2. The van der Waals surface area contributed by atoms with Gasteiger partial charge < -0.3 is 10.6 Å². The van der Waals surface area contributed by atoms with E-state index in [2.05, 4.69) is 15.6 Å². The molecular weight excluding hydrogens is 343 g/mol. The van der Waals surface area contributed by atoms with Crippen LogP contribution >= 0.6 is 0 Å². The molecule has 2 N–H and O–H groups in total. The van der Waals surface area contributed by atoms with E-state index in [-0.39, 0.29) is 17.2 Å². The molecular formula is C19H14F3N3O. The Bertz CT molecular complexity index is 912. The molecule has 3 aromatic rings. The van der Waals surface area contributed by atoms with Crippen LogP contribution in [0.15, 0.2) is 60.8 Å². The molecule has 0 fully saturated rings. The van der Waals surface area contributed by atoms with E-state index >= 15 is 0 Å².